The summed E-state index contributed by atoms with van der Waals surface area (Å²) in [7, 11) is 0. The molecule has 124 valence electrons. The third kappa shape index (κ3) is 2.92. The van der Waals surface area contributed by atoms with Crippen LogP contribution in [-0.4, -0.2) is 23.0 Å². The van der Waals surface area contributed by atoms with Crippen molar-refractivity contribution in [1.29, 1.82) is 0 Å². The van der Waals surface area contributed by atoms with Gasteiger partial charge in [-0.25, -0.2) is 4.90 Å². The minimum atomic E-state index is -0.747. The molecule has 2 aromatic carbocycles. The first kappa shape index (κ1) is 16.6. The third-order valence-electron chi connectivity index (χ3n) is 3.85. The maximum atomic E-state index is 12.7. The van der Waals surface area contributed by atoms with Crippen molar-refractivity contribution in [2.24, 2.45) is 0 Å². The molecular formula is C17H14Cl2N2O3. The molecule has 2 N–H and O–H groups in total. The minimum Gasteiger partial charge on any atom is -0.508 e. The average Bonchev–Trinajstić information content (AvgIpc) is 2.78. The largest absolute Gasteiger partial charge is 0.508 e. The molecule has 1 aliphatic heterocycles. The maximum Gasteiger partial charge on any atom is 0.256 e. The topological polar surface area (TPSA) is 69.6 Å². The van der Waals surface area contributed by atoms with Gasteiger partial charge in [0.25, 0.3) is 5.91 Å². The van der Waals surface area contributed by atoms with E-state index < -0.39 is 6.04 Å². The Kier molecular flexibility index (Phi) is 4.39. The van der Waals surface area contributed by atoms with Gasteiger partial charge < -0.3 is 10.4 Å². The zero-order valence-corrected chi connectivity index (χ0v) is 14.2. The number of aromatic hydroxyl groups is 1. The smallest absolute Gasteiger partial charge is 0.256 e. The van der Waals surface area contributed by atoms with Crippen molar-refractivity contribution in [1.82, 2.24) is 0 Å². The lowest BCUT2D eigenvalue weighted by atomic mass is 10.1. The highest BCUT2D eigenvalue weighted by Gasteiger charge is 2.40. The summed E-state index contributed by atoms with van der Waals surface area (Å²) in [5, 5.41) is 13.2. The molecule has 2 aromatic rings. The molecule has 0 aliphatic carbocycles. The lowest BCUT2D eigenvalue weighted by molar-refractivity contribution is -0.121. The van der Waals surface area contributed by atoms with Gasteiger partial charge in [0.05, 0.1) is 27.8 Å². The van der Waals surface area contributed by atoms with Crippen molar-refractivity contribution in [3.05, 3.63) is 52.0 Å². The molecular weight excluding hydrogens is 351 g/mol. The Morgan fingerprint density at radius 1 is 1.17 bits per heavy atom. The van der Waals surface area contributed by atoms with Crippen LogP contribution in [0.4, 0.5) is 11.4 Å². The monoisotopic (exact) mass is 364 g/mol. The van der Waals surface area contributed by atoms with Gasteiger partial charge in [0.2, 0.25) is 5.91 Å². The van der Waals surface area contributed by atoms with Crippen molar-refractivity contribution in [2.75, 3.05) is 10.2 Å². The number of para-hydroxylation sites is 1. The molecule has 1 fully saturated rings. The molecule has 1 heterocycles. The molecule has 0 aromatic heterocycles. The summed E-state index contributed by atoms with van der Waals surface area (Å²) in [6.45, 7) is 1.72. The van der Waals surface area contributed by atoms with Crippen LogP contribution in [0.15, 0.2) is 36.4 Å². The van der Waals surface area contributed by atoms with Gasteiger partial charge >= 0.3 is 0 Å². The zero-order valence-electron chi connectivity index (χ0n) is 12.7. The lowest BCUT2D eigenvalue weighted by Gasteiger charge is -2.19. The number of hydrogen-bond donors (Lipinski definition) is 2. The van der Waals surface area contributed by atoms with E-state index in [2.05, 4.69) is 5.32 Å². The fourth-order valence-electron chi connectivity index (χ4n) is 2.70. The van der Waals surface area contributed by atoms with Crippen molar-refractivity contribution in [3.63, 3.8) is 0 Å². The van der Waals surface area contributed by atoms with Crippen molar-refractivity contribution >= 4 is 46.4 Å². The van der Waals surface area contributed by atoms with Crippen molar-refractivity contribution < 1.29 is 14.7 Å². The number of phenols is 1. The van der Waals surface area contributed by atoms with E-state index in [-0.39, 0.29) is 24.0 Å². The predicted octanol–water partition coefficient (Wildman–Crippen LogP) is 3.75. The molecule has 1 saturated heterocycles. The molecule has 3 rings (SSSR count). The van der Waals surface area contributed by atoms with Crippen molar-refractivity contribution in [2.45, 2.75) is 19.4 Å². The van der Waals surface area contributed by atoms with Gasteiger partial charge in [0.1, 0.15) is 11.8 Å². The molecule has 0 radical (unpaired) electrons. The molecule has 5 nitrogen and oxygen atoms in total. The summed E-state index contributed by atoms with van der Waals surface area (Å²) in [6.07, 6.45) is 0.000696. The second kappa shape index (κ2) is 6.34. The first-order chi connectivity index (χ1) is 11.4. The molecule has 1 atom stereocenters. The van der Waals surface area contributed by atoms with Gasteiger partial charge in [0, 0.05) is 0 Å². The van der Waals surface area contributed by atoms with E-state index in [4.69, 9.17) is 23.2 Å². The standard InChI is InChI=1S/C17H14Cl2N2O3/c1-9-7-10(22)5-6-14(9)21-15(23)8-13(17(21)24)20-16-11(18)3-2-4-12(16)19/h2-7,13,20,22H,8H2,1H3. The summed E-state index contributed by atoms with van der Waals surface area (Å²) in [4.78, 5) is 26.1. The number of rotatable bonds is 3. The molecule has 1 unspecified atom stereocenters. The number of amides is 2. The van der Waals surface area contributed by atoms with Gasteiger partial charge in [-0.1, -0.05) is 29.3 Å². The highest BCUT2D eigenvalue weighted by Crippen LogP contribution is 2.34. The summed E-state index contributed by atoms with van der Waals surface area (Å²) < 4.78 is 0. The fourth-order valence-corrected chi connectivity index (χ4v) is 3.20. The summed E-state index contributed by atoms with van der Waals surface area (Å²) >= 11 is 12.2. The Bertz CT molecular complexity index is 818. The van der Waals surface area contributed by atoms with Gasteiger partial charge in [-0.2, -0.15) is 0 Å². The number of anilines is 2. The molecule has 0 bridgehead atoms. The fraction of sp³-hybridized carbons (Fsp3) is 0.176. The molecule has 0 saturated carbocycles. The number of nitrogens with one attached hydrogen (secondary N) is 1. The minimum absolute atomic E-state index is 0.000696. The number of aryl methyl sites for hydroxylation is 1. The Hall–Kier alpha value is -2.24. The first-order valence-corrected chi connectivity index (χ1v) is 8.01. The summed E-state index contributed by atoms with van der Waals surface area (Å²) in [6, 6.07) is 8.74. The van der Waals surface area contributed by atoms with E-state index in [1.54, 1.807) is 31.2 Å². The summed E-state index contributed by atoms with van der Waals surface area (Å²) in [5.41, 5.74) is 1.52. The van der Waals surface area contributed by atoms with E-state index in [0.29, 0.717) is 27.0 Å². The van der Waals surface area contributed by atoms with Crippen LogP contribution in [0.2, 0.25) is 10.0 Å². The van der Waals surface area contributed by atoms with Gasteiger partial charge in [-0.3, -0.25) is 9.59 Å². The Morgan fingerprint density at radius 2 is 1.83 bits per heavy atom. The van der Waals surface area contributed by atoms with E-state index in [9.17, 15) is 14.7 Å². The van der Waals surface area contributed by atoms with Gasteiger partial charge in [-0.15, -0.1) is 0 Å². The van der Waals surface area contributed by atoms with Gasteiger partial charge in [-0.05, 0) is 42.8 Å². The van der Waals surface area contributed by atoms with Crippen LogP contribution in [0.1, 0.15) is 12.0 Å². The summed E-state index contributed by atoms with van der Waals surface area (Å²) in [5.74, 6) is -0.632. The second-order valence-corrected chi connectivity index (χ2v) is 6.35. The maximum absolute atomic E-state index is 12.7. The normalized spacial score (nSPS) is 17.5. The van der Waals surface area contributed by atoms with E-state index >= 15 is 0 Å². The van der Waals surface area contributed by atoms with Crippen LogP contribution >= 0.6 is 23.2 Å². The van der Waals surface area contributed by atoms with Crippen LogP contribution < -0.4 is 10.2 Å². The molecule has 1 aliphatic rings. The number of carbonyl (C=O) groups is 2. The van der Waals surface area contributed by atoms with Crippen LogP contribution in [0.3, 0.4) is 0 Å². The highest BCUT2D eigenvalue weighted by molar-refractivity contribution is 6.39. The molecule has 0 spiro atoms. The zero-order chi connectivity index (χ0) is 17.4. The molecule has 2 amide bonds. The molecule has 7 heteroatoms. The highest BCUT2D eigenvalue weighted by atomic mass is 35.5. The quantitative estimate of drug-likeness (QED) is 0.813. The van der Waals surface area contributed by atoms with Crippen molar-refractivity contribution in [3.8, 4) is 5.75 Å². The molecule has 24 heavy (non-hydrogen) atoms. The number of halogens is 2. The van der Waals surface area contributed by atoms with Crippen LogP contribution in [0.25, 0.3) is 0 Å². The predicted molar refractivity (Wildman–Crippen MR) is 93.8 cm³/mol. The number of benzene rings is 2. The SMILES string of the molecule is Cc1cc(O)ccc1N1C(=O)CC(Nc2c(Cl)cccc2Cl)C1=O. The Labute approximate surface area is 148 Å². The number of hydrogen-bond acceptors (Lipinski definition) is 4. The number of imide groups is 1. The van der Waals surface area contributed by atoms with Crippen LogP contribution in [0.5, 0.6) is 5.75 Å². The average molecular weight is 365 g/mol. The lowest BCUT2D eigenvalue weighted by Crippen LogP contribution is -2.35. The van der Waals surface area contributed by atoms with Crippen LogP contribution in [0, 0.1) is 6.92 Å². The van der Waals surface area contributed by atoms with E-state index in [1.807, 2.05) is 0 Å². The number of nitrogens with zero attached hydrogens (tertiary/aromatic N) is 1. The third-order valence-corrected chi connectivity index (χ3v) is 4.48. The number of carbonyl (C=O) groups excluding carboxylic acids is 2. The Morgan fingerprint density at radius 3 is 2.46 bits per heavy atom. The van der Waals surface area contributed by atoms with Crippen LogP contribution in [-0.2, 0) is 9.59 Å². The number of phenolic OH excluding ortho intramolecular Hbond substituents is 1. The van der Waals surface area contributed by atoms with E-state index in [1.165, 1.54) is 12.1 Å². The first-order valence-electron chi connectivity index (χ1n) is 7.25. The van der Waals surface area contributed by atoms with E-state index in [0.717, 1.165) is 4.90 Å². The Balaban J connectivity index is 1.89. The van der Waals surface area contributed by atoms with Gasteiger partial charge in [0.15, 0.2) is 0 Å². The second-order valence-electron chi connectivity index (χ2n) is 5.54.